The Morgan fingerprint density at radius 1 is 1.09 bits per heavy atom. The van der Waals surface area contributed by atoms with Crippen molar-refractivity contribution >= 4 is 5.97 Å². The molecule has 0 aromatic heterocycles. The van der Waals surface area contributed by atoms with Gasteiger partial charge >= 0.3 is 5.97 Å². The summed E-state index contributed by atoms with van der Waals surface area (Å²) in [6.07, 6.45) is 7.37. The van der Waals surface area contributed by atoms with E-state index in [4.69, 9.17) is 18.9 Å². The quantitative estimate of drug-likeness (QED) is 0.596. The van der Waals surface area contributed by atoms with Crippen molar-refractivity contribution in [2.75, 3.05) is 27.9 Å². The molecule has 0 saturated heterocycles. The van der Waals surface area contributed by atoms with Crippen LogP contribution in [-0.4, -0.2) is 33.9 Å². The van der Waals surface area contributed by atoms with Crippen molar-refractivity contribution in [1.82, 2.24) is 0 Å². The van der Waals surface area contributed by atoms with Crippen LogP contribution in [0.3, 0.4) is 0 Å². The van der Waals surface area contributed by atoms with Crippen LogP contribution in [0.4, 0.5) is 0 Å². The van der Waals surface area contributed by atoms with Crippen molar-refractivity contribution in [3.63, 3.8) is 0 Å². The van der Waals surface area contributed by atoms with Gasteiger partial charge in [-0.25, -0.2) is 4.79 Å². The van der Waals surface area contributed by atoms with Gasteiger partial charge in [-0.2, -0.15) is 0 Å². The number of allylic oxidation sites excluding steroid dienone is 2. The molecule has 0 unspecified atom stereocenters. The summed E-state index contributed by atoms with van der Waals surface area (Å²) in [5.41, 5.74) is 0.390. The maximum atomic E-state index is 12.2. The van der Waals surface area contributed by atoms with Gasteiger partial charge in [-0.3, -0.25) is 0 Å². The van der Waals surface area contributed by atoms with E-state index in [9.17, 15) is 4.79 Å². The van der Waals surface area contributed by atoms with Crippen molar-refractivity contribution < 1.29 is 23.7 Å². The number of hydrogen-bond acceptors (Lipinski definition) is 5. The van der Waals surface area contributed by atoms with Crippen LogP contribution in [0.5, 0.6) is 17.2 Å². The summed E-state index contributed by atoms with van der Waals surface area (Å²) in [6, 6.07) is 3.20. The lowest BCUT2D eigenvalue weighted by Gasteiger charge is -2.18. The van der Waals surface area contributed by atoms with Gasteiger partial charge in [-0.15, -0.1) is 0 Å². The monoisotopic (exact) mass is 306 g/mol. The predicted molar refractivity (Wildman–Crippen MR) is 82.9 cm³/mol. The Hall–Kier alpha value is -2.17. The topological polar surface area (TPSA) is 54.0 Å². The highest BCUT2D eigenvalue weighted by atomic mass is 16.5. The normalized spacial score (nSPS) is 17.0. The smallest absolute Gasteiger partial charge is 0.338 e. The number of carbonyl (C=O) groups is 1. The second-order valence-electron chi connectivity index (χ2n) is 5.16. The first-order chi connectivity index (χ1) is 10.7. The molecule has 120 valence electrons. The Labute approximate surface area is 130 Å². The minimum absolute atomic E-state index is 0.381. The third-order valence-electron chi connectivity index (χ3n) is 3.73. The fourth-order valence-electron chi connectivity index (χ4n) is 2.48. The fraction of sp³-hybridized carbons (Fsp3) is 0.471. The van der Waals surface area contributed by atoms with Crippen molar-refractivity contribution in [3.05, 3.63) is 29.8 Å². The molecule has 0 saturated carbocycles. The summed E-state index contributed by atoms with van der Waals surface area (Å²) in [7, 11) is 4.55. The Morgan fingerprint density at radius 3 is 2.27 bits per heavy atom. The molecule has 1 aromatic carbocycles. The molecule has 1 aliphatic rings. The predicted octanol–water partition coefficient (Wildman–Crippen LogP) is 3.23. The molecular formula is C17H22O5. The minimum Gasteiger partial charge on any atom is -0.493 e. The number of methoxy groups -OCH3 is 3. The van der Waals surface area contributed by atoms with Crippen LogP contribution in [0.2, 0.25) is 0 Å². The van der Waals surface area contributed by atoms with Crippen LogP contribution < -0.4 is 14.2 Å². The Bertz CT molecular complexity index is 525. The van der Waals surface area contributed by atoms with Gasteiger partial charge in [0, 0.05) is 0 Å². The zero-order chi connectivity index (χ0) is 15.9. The van der Waals surface area contributed by atoms with Crippen molar-refractivity contribution in [2.24, 2.45) is 5.92 Å². The Morgan fingerprint density at radius 2 is 1.77 bits per heavy atom. The van der Waals surface area contributed by atoms with Crippen molar-refractivity contribution in [2.45, 2.75) is 19.3 Å². The van der Waals surface area contributed by atoms with Crippen LogP contribution in [0.1, 0.15) is 29.6 Å². The van der Waals surface area contributed by atoms with Gasteiger partial charge in [0.2, 0.25) is 5.75 Å². The minimum atomic E-state index is -0.381. The third kappa shape index (κ3) is 3.72. The molecular weight excluding hydrogens is 284 g/mol. The summed E-state index contributed by atoms with van der Waals surface area (Å²) < 4.78 is 21.1. The molecule has 0 N–H and O–H groups in total. The summed E-state index contributed by atoms with van der Waals surface area (Å²) in [5, 5.41) is 0. The molecule has 1 aromatic rings. The highest BCUT2D eigenvalue weighted by molar-refractivity contribution is 5.91. The molecule has 5 nitrogen and oxygen atoms in total. The van der Waals surface area contributed by atoms with E-state index in [0.717, 1.165) is 19.3 Å². The lowest BCUT2D eigenvalue weighted by molar-refractivity contribution is 0.0431. The van der Waals surface area contributed by atoms with Gasteiger partial charge in [-0.05, 0) is 37.3 Å². The van der Waals surface area contributed by atoms with Gasteiger partial charge in [0.25, 0.3) is 0 Å². The van der Waals surface area contributed by atoms with Crippen LogP contribution in [0.25, 0.3) is 0 Å². The molecule has 0 amide bonds. The van der Waals surface area contributed by atoms with E-state index < -0.39 is 0 Å². The number of esters is 1. The maximum Gasteiger partial charge on any atom is 0.338 e. The lowest BCUT2D eigenvalue weighted by atomic mass is 9.95. The van der Waals surface area contributed by atoms with E-state index in [1.807, 2.05) is 0 Å². The molecule has 0 spiro atoms. The molecule has 5 heteroatoms. The van der Waals surface area contributed by atoms with E-state index in [1.165, 1.54) is 21.3 Å². The van der Waals surface area contributed by atoms with Crippen molar-refractivity contribution in [1.29, 1.82) is 0 Å². The molecule has 1 aliphatic carbocycles. The second-order valence-corrected chi connectivity index (χ2v) is 5.16. The van der Waals surface area contributed by atoms with Gasteiger partial charge in [0.1, 0.15) is 0 Å². The van der Waals surface area contributed by atoms with E-state index in [-0.39, 0.29) is 5.97 Å². The van der Waals surface area contributed by atoms with E-state index in [0.29, 0.717) is 35.3 Å². The zero-order valence-corrected chi connectivity index (χ0v) is 13.3. The van der Waals surface area contributed by atoms with Gasteiger partial charge in [-0.1, -0.05) is 12.2 Å². The summed E-state index contributed by atoms with van der Waals surface area (Å²) in [4.78, 5) is 12.2. The number of rotatable bonds is 6. The SMILES string of the molecule is COc1cc(C(=O)OC[C@@H]2CC=CCC2)cc(OC)c1OC. The first-order valence-electron chi connectivity index (χ1n) is 7.31. The number of ether oxygens (including phenoxy) is 4. The summed E-state index contributed by atoms with van der Waals surface area (Å²) in [5.74, 6) is 1.35. The largest absolute Gasteiger partial charge is 0.493 e. The number of benzene rings is 1. The molecule has 0 radical (unpaired) electrons. The van der Waals surface area contributed by atoms with Crippen molar-refractivity contribution in [3.8, 4) is 17.2 Å². The Kier molecular flexibility index (Phi) is 5.69. The molecule has 0 fully saturated rings. The average molecular weight is 306 g/mol. The average Bonchev–Trinajstić information content (AvgIpc) is 2.59. The number of hydrogen-bond donors (Lipinski definition) is 0. The molecule has 22 heavy (non-hydrogen) atoms. The molecule has 1 atom stereocenters. The van der Waals surface area contributed by atoms with Crippen LogP contribution >= 0.6 is 0 Å². The van der Waals surface area contributed by atoms with E-state index >= 15 is 0 Å². The molecule has 2 rings (SSSR count). The second kappa shape index (κ2) is 7.73. The summed E-state index contributed by atoms with van der Waals surface area (Å²) in [6.45, 7) is 0.430. The maximum absolute atomic E-state index is 12.2. The van der Waals surface area contributed by atoms with Gasteiger partial charge < -0.3 is 18.9 Å². The highest BCUT2D eigenvalue weighted by Gasteiger charge is 2.19. The third-order valence-corrected chi connectivity index (χ3v) is 3.73. The van der Waals surface area contributed by atoms with E-state index in [2.05, 4.69) is 12.2 Å². The summed E-state index contributed by atoms with van der Waals surface area (Å²) >= 11 is 0. The molecule has 0 bridgehead atoms. The lowest BCUT2D eigenvalue weighted by Crippen LogP contribution is -2.15. The van der Waals surface area contributed by atoms with Crippen LogP contribution in [0.15, 0.2) is 24.3 Å². The van der Waals surface area contributed by atoms with E-state index in [1.54, 1.807) is 12.1 Å². The molecule has 0 heterocycles. The van der Waals surface area contributed by atoms with Gasteiger partial charge in [0.15, 0.2) is 11.5 Å². The standard InChI is InChI=1S/C17H22O5/c1-19-14-9-13(10-15(20-2)16(14)21-3)17(18)22-11-12-7-5-4-6-8-12/h4-5,9-10,12H,6-8,11H2,1-3H3/t12-/m1/s1. The first kappa shape index (κ1) is 16.2. The first-order valence-corrected chi connectivity index (χ1v) is 7.31. The van der Waals surface area contributed by atoms with Crippen LogP contribution in [-0.2, 0) is 4.74 Å². The van der Waals surface area contributed by atoms with Crippen LogP contribution in [0, 0.1) is 5.92 Å². The molecule has 0 aliphatic heterocycles. The fourth-order valence-corrected chi connectivity index (χ4v) is 2.48. The van der Waals surface area contributed by atoms with Gasteiger partial charge in [0.05, 0.1) is 33.5 Å². The number of carbonyl (C=O) groups excluding carboxylic acids is 1. The Balaban J connectivity index is 2.09. The zero-order valence-electron chi connectivity index (χ0n) is 13.3. The highest BCUT2D eigenvalue weighted by Crippen LogP contribution is 2.38.